The minimum absolute atomic E-state index is 0.143. The number of hydrogen-bond acceptors (Lipinski definition) is 4. The Hall–Kier alpha value is -1.60. The third-order valence-corrected chi connectivity index (χ3v) is 3.93. The lowest BCUT2D eigenvalue weighted by Crippen LogP contribution is -2.39. The lowest BCUT2D eigenvalue weighted by atomic mass is 10.2. The minimum atomic E-state index is -3.41. The molecule has 1 N–H and O–H groups in total. The molecule has 0 fully saturated rings. The third-order valence-electron chi connectivity index (χ3n) is 2.71. The van der Waals surface area contributed by atoms with Crippen LogP contribution in [0.2, 0.25) is 0 Å². The Kier molecular flexibility index (Phi) is 6.17. The fourth-order valence-electron chi connectivity index (χ4n) is 1.79. The zero-order valence-electron chi connectivity index (χ0n) is 12.8. The predicted octanol–water partition coefficient (Wildman–Crippen LogP) is 1.55. The van der Waals surface area contributed by atoms with Gasteiger partial charge in [0.1, 0.15) is 5.75 Å². The number of nitrogens with zero attached hydrogens (tertiary/aromatic N) is 1. The zero-order valence-corrected chi connectivity index (χ0v) is 13.6. The van der Waals surface area contributed by atoms with Crippen molar-refractivity contribution in [1.82, 2.24) is 4.31 Å². The first-order valence-corrected chi connectivity index (χ1v) is 8.46. The van der Waals surface area contributed by atoms with Crippen molar-refractivity contribution in [1.29, 1.82) is 0 Å². The quantitative estimate of drug-likeness (QED) is 0.828. The summed E-state index contributed by atoms with van der Waals surface area (Å²) in [6.45, 7) is 3.91. The first kappa shape index (κ1) is 17.5. The SMILES string of the molecule is COc1cccc(NC(=O)CN(CC(C)C)S(C)(=O)=O)c1. The zero-order chi connectivity index (χ0) is 16.0. The van der Waals surface area contributed by atoms with Gasteiger partial charge in [-0.1, -0.05) is 19.9 Å². The van der Waals surface area contributed by atoms with Crippen LogP contribution >= 0.6 is 0 Å². The highest BCUT2D eigenvalue weighted by Gasteiger charge is 2.21. The van der Waals surface area contributed by atoms with Crippen LogP contribution in [0.3, 0.4) is 0 Å². The number of anilines is 1. The van der Waals surface area contributed by atoms with Crippen LogP contribution in [0.5, 0.6) is 5.75 Å². The highest BCUT2D eigenvalue weighted by atomic mass is 32.2. The Balaban J connectivity index is 2.73. The van der Waals surface area contributed by atoms with E-state index in [-0.39, 0.29) is 18.4 Å². The molecule has 0 radical (unpaired) electrons. The van der Waals surface area contributed by atoms with Crippen molar-refractivity contribution in [3.05, 3.63) is 24.3 Å². The summed E-state index contributed by atoms with van der Waals surface area (Å²) in [5.74, 6) is 0.383. The summed E-state index contributed by atoms with van der Waals surface area (Å²) in [7, 11) is -1.88. The molecular formula is C14H22N2O4S. The van der Waals surface area contributed by atoms with Crippen LogP contribution in [0, 0.1) is 5.92 Å². The van der Waals surface area contributed by atoms with Crippen LogP contribution in [0.1, 0.15) is 13.8 Å². The van der Waals surface area contributed by atoms with Gasteiger partial charge in [-0.25, -0.2) is 8.42 Å². The molecule has 0 spiro atoms. The van der Waals surface area contributed by atoms with E-state index in [2.05, 4.69) is 5.32 Å². The van der Waals surface area contributed by atoms with E-state index in [9.17, 15) is 13.2 Å². The predicted molar refractivity (Wildman–Crippen MR) is 82.9 cm³/mol. The van der Waals surface area contributed by atoms with Crippen LogP contribution in [-0.2, 0) is 14.8 Å². The van der Waals surface area contributed by atoms with Gasteiger partial charge in [-0.05, 0) is 18.1 Å². The molecule has 7 heteroatoms. The van der Waals surface area contributed by atoms with E-state index in [1.54, 1.807) is 24.3 Å². The van der Waals surface area contributed by atoms with E-state index in [1.807, 2.05) is 13.8 Å². The van der Waals surface area contributed by atoms with E-state index < -0.39 is 10.0 Å². The average molecular weight is 314 g/mol. The summed E-state index contributed by atoms with van der Waals surface area (Å²) in [4.78, 5) is 12.0. The maximum atomic E-state index is 12.0. The van der Waals surface area contributed by atoms with Crippen molar-refractivity contribution in [2.45, 2.75) is 13.8 Å². The van der Waals surface area contributed by atoms with Crippen molar-refractivity contribution >= 4 is 21.6 Å². The molecule has 0 heterocycles. The largest absolute Gasteiger partial charge is 0.497 e. The molecule has 6 nitrogen and oxygen atoms in total. The van der Waals surface area contributed by atoms with Crippen molar-refractivity contribution < 1.29 is 17.9 Å². The molecule has 0 saturated heterocycles. The molecule has 0 atom stereocenters. The molecule has 0 aliphatic rings. The number of rotatable bonds is 7. The Morgan fingerprint density at radius 1 is 1.38 bits per heavy atom. The van der Waals surface area contributed by atoms with Gasteiger partial charge in [0.2, 0.25) is 15.9 Å². The molecule has 1 aromatic carbocycles. The van der Waals surface area contributed by atoms with Gasteiger partial charge in [0.25, 0.3) is 0 Å². The van der Waals surface area contributed by atoms with E-state index >= 15 is 0 Å². The topological polar surface area (TPSA) is 75.7 Å². The number of carbonyl (C=O) groups excluding carboxylic acids is 1. The Labute approximate surface area is 126 Å². The molecule has 0 saturated carbocycles. The van der Waals surface area contributed by atoms with Gasteiger partial charge in [0.15, 0.2) is 0 Å². The number of hydrogen-bond donors (Lipinski definition) is 1. The molecule has 1 aromatic rings. The second-order valence-corrected chi connectivity index (χ2v) is 7.21. The molecular weight excluding hydrogens is 292 g/mol. The number of nitrogens with one attached hydrogen (secondary N) is 1. The number of carbonyl (C=O) groups is 1. The fourth-order valence-corrected chi connectivity index (χ4v) is 2.71. The Morgan fingerprint density at radius 3 is 2.57 bits per heavy atom. The van der Waals surface area contributed by atoms with Gasteiger partial charge in [0, 0.05) is 18.3 Å². The highest BCUT2D eigenvalue weighted by molar-refractivity contribution is 7.88. The Bertz CT molecular complexity index is 584. The summed E-state index contributed by atoms with van der Waals surface area (Å²) >= 11 is 0. The van der Waals surface area contributed by atoms with Crippen LogP contribution in [0.15, 0.2) is 24.3 Å². The lowest BCUT2D eigenvalue weighted by Gasteiger charge is -2.21. The fraction of sp³-hybridized carbons (Fsp3) is 0.500. The standard InChI is InChI=1S/C14H22N2O4S/c1-11(2)9-16(21(4,18)19)10-14(17)15-12-6-5-7-13(8-12)20-3/h5-8,11H,9-10H2,1-4H3,(H,15,17). The smallest absolute Gasteiger partial charge is 0.239 e. The molecule has 0 aromatic heterocycles. The minimum Gasteiger partial charge on any atom is -0.497 e. The van der Waals surface area contributed by atoms with Crippen molar-refractivity contribution in [2.75, 3.05) is 31.8 Å². The third kappa shape index (κ3) is 6.14. The van der Waals surface area contributed by atoms with Crippen LogP contribution in [0.25, 0.3) is 0 Å². The van der Waals surface area contributed by atoms with Crippen molar-refractivity contribution in [2.24, 2.45) is 5.92 Å². The van der Waals surface area contributed by atoms with Crippen LogP contribution < -0.4 is 10.1 Å². The molecule has 1 amide bonds. The van der Waals surface area contributed by atoms with Crippen LogP contribution in [0.4, 0.5) is 5.69 Å². The maximum Gasteiger partial charge on any atom is 0.239 e. The molecule has 0 aliphatic heterocycles. The van der Waals surface area contributed by atoms with Gasteiger partial charge in [-0.3, -0.25) is 4.79 Å². The molecule has 0 aliphatic carbocycles. The Morgan fingerprint density at radius 2 is 2.05 bits per heavy atom. The number of benzene rings is 1. The molecule has 0 unspecified atom stereocenters. The van der Waals surface area contributed by atoms with Crippen LogP contribution in [-0.4, -0.2) is 45.1 Å². The average Bonchev–Trinajstić information content (AvgIpc) is 2.36. The van der Waals surface area contributed by atoms with Crippen molar-refractivity contribution in [3.8, 4) is 5.75 Å². The summed E-state index contributed by atoms with van der Waals surface area (Å²) in [6.07, 6.45) is 1.11. The molecule has 0 bridgehead atoms. The highest BCUT2D eigenvalue weighted by Crippen LogP contribution is 2.16. The summed E-state index contributed by atoms with van der Waals surface area (Å²) < 4.78 is 29.6. The molecule has 118 valence electrons. The number of sulfonamides is 1. The normalized spacial score (nSPS) is 11.7. The molecule has 21 heavy (non-hydrogen) atoms. The summed E-state index contributed by atoms with van der Waals surface area (Å²) in [6, 6.07) is 6.90. The summed E-state index contributed by atoms with van der Waals surface area (Å²) in [5, 5.41) is 2.67. The maximum absolute atomic E-state index is 12.0. The summed E-state index contributed by atoms with van der Waals surface area (Å²) in [5.41, 5.74) is 0.567. The van der Waals surface area contributed by atoms with E-state index in [1.165, 1.54) is 11.4 Å². The van der Waals surface area contributed by atoms with E-state index in [0.717, 1.165) is 6.26 Å². The molecule has 1 rings (SSSR count). The van der Waals surface area contributed by atoms with Gasteiger partial charge in [-0.15, -0.1) is 0 Å². The van der Waals surface area contributed by atoms with Crippen molar-refractivity contribution in [3.63, 3.8) is 0 Å². The van der Waals surface area contributed by atoms with Gasteiger partial charge in [-0.2, -0.15) is 4.31 Å². The second kappa shape index (κ2) is 7.42. The van der Waals surface area contributed by atoms with Gasteiger partial charge in [0.05, 0.1) is 19.9 Å². The van der Waals surface area contributed by atoms with Gasteiger partial charge < -0.3 is 10.1 Å². The first-order chi connectivity index (χ1) is 9.72. The van der Waals surface area contributed by atoms with Gasteiger partial charge >= 0.3 is 0 Å². The number of amides is 1. The second-order valence-electron chi connectivity index (χ2n) is 5.23. The first-order valence-electron chi connectivity index (χ1n) is 6.61. The number of methoxy groups -OCH3 is 1. The number of ether oxygens (including phenoxy) is 1. The monoisotopic (exact) mass is 314 g/mol. The van der Waals surface area contributed by atoms with E-state index in [0.29, 0.717) is 18.0 Å². The lowest BCUT2D eigenvalue weighted by molar-refractivity contribution is -0.116. The van der Waals surface area contributed by atoms with E-state index in [4.69, 9.17) is 4.74 Å².